The number of hydrogen-bond donors (Lipinski definition) is 0. The summed E-state index contributed by atoms with van der Waals surface area (Å²) in [5, 5.41) is 0. The first-order valence-corrected chi connectivity index (χ1v) is 4.67. The maximum absolute atomic E-state index is 13.4. The molecule has 1 aromatic carbocycles. The summed E-state index contributed by atoms with van der Waals surface area (Å²) in [6, 6.07) is 5.19. The van der Waals surface area contributed by atoms with Crippen LogP contribution in [0.5, 0.6) is 0 Å². The average Bonchev–Trinajstić information content (AvgIpc) is 2.45. The van der Waals surface area contributed by atoms with Crippen LogP contribution >= 0.6 is 0 Å². The van der Waals surface area contributed by atoms with Crippen LogP contribution in [0.4, 0.5) is 4.39 Å². The minimum Gasteiger partial charge on any atom is -0.366 e. The van der Waals surface area contributed by atoms with Gasteiger partial charge in [-0.05, 0) is 25.0 Å². The van der Waals surface area contributed by atoms with E-state index in [0.717, 1.165) is 17.5 Å². The van der Waals surface area contributed by atoms with Gasteiger partial charge in [0.05, 0.1) is 12.2 Å². The molecule has 2 heteroatoms. The second-order valence-electron chi connectivity index (χ2n) is 3.42. The van der Waals surface area contributed by atoms with E-state index in [1.54, 1.807) is 6.07 Å². The lowest BCUT2D eigenvalue weighted by Crippen LogP contribution is -1.96. The van der Waals surface area contributed by atoms with Gasteiger partial charge in [-0.1, -0.05) is 19.1 Å². The molecule has 0 bridgehead atoms. The Labute approximate surface area is 77.5 Å². The van der Waals surface area contributed by atoms with Gasteiger partial charge in [-0.25, -0.2) is 4.39 Å². The highest BCUT2D eigenvalue weighted by Gasteiger charge is 2.29. The molecule has 0 fully saturated rings. The molecule has 0 amide bonds. The van der Waals surface area contributed by atoms with E-state index in [0.29, 0.717) is 0 Å². The SMILES string of the molecule is CC[C@H]1OC(C)c2cccc(F)c21. The van der Waals surface area contributed by atoms with E-state index in [2.05, 4.69) is 0 Å². The van der Waals surface area contributed by atoms with Crippen LogP contribution in [0, 0.1) is 5.82 Å². The number of halogens is 1. The van der Waals surface area contributed by atoms with Crippen molar-refractivity contribution in [3.05, 3.63) is 35.1 Å². The first kappa shape index (κ1) is 8.70. The largest absolute Gasteiger partial charge is 0.366 e. The van der Waals surface area contributed by atoms with E-state index < -0.39 is 0 Å². The molecule has 1 heterocycles. The van der Waals surface area contributed by atoms with Crippen LogP contribution < -0.4 is 0 Å². The van der Waals surface area contributed by atoms with Crippen molar-refractivity contribution in [1.82, 2.24) is 0 Å². The lowest BCUT2D eigenvalue weighted by molar-refractivity contribution is 0.0189. The number of hydrogen-bond acceptors (Lipinski definition) is 1. The zero-order chi connectivity index (χ0) is 9.42. The van der Waals surface area contributed by atoms with Gasteiger partial charge in [0.1, 0.15) is 5.82 Å². The molecule has 1 aliphatic rings. The van der Waals surface area contributed by atoms with Crippen molar-refractivity contribution in [2.75, 3.05) is 0 Å². The summed E-state index contributed by atoms with van der Waals surface area (Å²) in [6.07, 6.45) is 0.819. The van der Waals surface area contributed by atoms with Gasteiger partial charge >= 0.3 is 0 Å². The Kier molecular flexibility index (Phi) is 2.08. The van der Waals surface area contributed by atoms with E-state index in [9.17, 15) is 4.39 Å². The number of benzene rings is 1. The smallest absolute Gasteiger partial charge is 0.129 e. The zero-order valence-corrected chi connectivity index (χ0v) is 7.88. The summed E-state index contributed by atoms with van der Waals surface area (Å²) >= 11 is 0. The molecule has 2 rings (SSSR count). The topological polar surface area (TPSA) is 9.23 Å². The van der Waals surface area contributed by atoms with E-state index in [1.807, 2.05) is 19.9 Å². The first-order chi connectivity index (χ1) is 6.24. The Morgan fingerprint density at radius 2 is 2.23 bits per heavy atom. The molecule has 0 saturated carbocycles. The van der Waals surface area contributed by atoms with Gasteiger partial charge in [0.25, 0.3) is 0 Å². The molecule has 70 valence electrons. The second-order valence-corrected chi connectivity index (χ2v) is 3.42. The molecule has 1 aromatic rings. The van der Waals surface area contributed by atoms with Crippen LogP contribution in [0.2, 0.25) is 0 Å². The van der Waals surface area contributed by atoms with Gasteiger partial charge in [-0.15, -0.1) is 0 Å². The van der Waals surface area contributed by atoms with Crippen LogP contribution in [0.3, 0.4) is 0 Å². The van der Waals surface area contributed by atoms with E-state index >= 15 is 0 Å². The molecule has 13 heavy (non-hydrogen) atoms. The third-order valence-electron chi connectivity index (χ3n) is 2.59. The van der Waals surface area contributed by atoms with E-state index in [-0.39, 0.29) is 18.0 Å². The predicted molar refractivity (Wildman–Crippen MR) is 48.9 cm³/mol. The normalized spacial score (nSPS) is 26.1. The van der Waals surface area contributed by atoms with Crippen LogP contribution in [-0.4, -0.2) is 0 Å². The van der Waals surface area contributed by atoms with Crippen molar-refractivity contribution in [2.45, 2.75) is 32.5 Å². The quantitative estimate of drug-likeness (QED) is 0.643. The monoisotopic (exact) mass is 180 g/mol. The fourth-order valence-electron chi connectivity index (χ4n) is 1.94. The van der Waals surface area contributed by atoms with Gasteiger partial charge < -0.3 is 4.74 Å². The fraction of sp³-hybridized carbons (Fsp3) is 0.455. The number of ether oxygens (including phenoxy) is 1. The highest BCUT2D eigenvalue weighted by molar-refractivity contribution is 5.35. The van der Waals surface area contributed by atoms with Crippen molar-refractivity contribution >= 4 is 0 Å². The van der Waals surface area contributed by atoms with E-state index in [4.69, 9.17) is 4.74 Å². The van der Waals surface area contributed by atoms with Crippen LogP contribution in [0.15, 0.2) is 18.2 Å². The highest BCUT2D eigenvalue weighted by Crippen LogP contribution is 2.41. The van der Waals surface area contributed by atoms with Gasteiger partial charge in [-0.3, -0.25) is 0 Å². The summed E-state index contributed by atoms with van der Waals surface area (Å²) in [5.74, 6) is -0.131. The second kappa shape index (κ2) is 3.11. The van der Waals surface area contributed by atoms with Crippen LogP contribution in [0.25, 0.3) is 0 Å². The lowest BCUT2D eigenvalue weighted by Gasteiger charge is -2.08. The molecular weight excluding hydrogens is 167 g/mol. The minimum absolute atomic E-state index is 0.0376. The molecule has 0 aliphatic carbocycles. The maximum Gasteiger partial charge on any atom is 0.129 e. The Hall–Kier alpha value is -0.890. The van der Waals surface area contributed by atoms with Crippen molar-refractivity contribution in [3.8, 4) is 0 Å². The predicted octanol–water partition coefficient (Wildman–Crippen LogP) is 3.37. The minimum atomic E-state index is -0.131. The Bertz CT molecular complexity index is 322. The Morgan fingerprint density at radius 3 is 2.92 bits per heavy atom. The third-order valence-corrected chi connectivity index (χ3v) is 2.59. The molecule has 0 spiro atoms. The summed E-state index contributed by atoms with van der Waals surface area (Å²) in [7, 11) is 0. The maximum atomic E-state index is 13.4. The number of rotatable bonds is 1. The summed E-state index contributed by atoms with van der Waals surface area (Å²) in [5.41, 5.74) is 1.77. The van der Waals surface area contributed by atoms with Gasteiger partial charge in [0, 0.05) is 5.56 Å². The van der Waals surface area contributed by atoms with Gasteiger partial charge in [0.2, 0.25) is 0 Å². The van der Waals surface area contributed by atoms with Crippen molar-refractivity contribution < 1.29 is 9.13 Å². The van der Waals surface area contributed by atoms with Crippen molar-refractivity contribution in [2.24, 2.45) is 0 Å². The summed E-state index contributed by atoms with van der Waals surface area (Å²) in [6.45, 7) is 3.98. The molecule has 0 radical (unpaired) electrons. The highest BCUT2D eigenvalue weighted by atomic mass is 19.1. The Balaban J connectivity index is 2.52. The van der Waals surface area contributed by atoms with Crippen LogP contribution in [-0.2, 0) is 4.74 Å². The summed E-state index contributed by atoms with van der Waals surface area (Å²) < 4.78 is 19.0. The zero-order valence-electron chi connectivity index (χ0n) is 7.88. The molecular formula is C11H13FO. The fourth-order valence-corrected chi connectivity index (χ4v) is 1.94. The van der Waals surface area contributed by atoms with E-state index in [1.165, 1.54) is 6.07 Å². The van der Waals surface area contributed by atoms with Crippen LogP contribution in [0.1, 0.15) is 43.6 Å². The standard InChI is InChI=1S/C11H13FO/c1-3-10-11-8(7(2)13-10)5-4-6-9(11)12/h4-7,10H,3H2,1-2H3/t7?,10-/m1/s1. The number of fused-ring (bicyclic) bond motifs is 1. The molecule has 0 N–H and O–H groups in total. The van der Waals surface area contributed by atoms with Gasteiger partial charge in [-0.2, -0.15) is 0 Å². The molecule has 0 saturated heterocycles. The lowest BCUT2D eigenvalue weighted by atomic mass is 10.0. The molecule has 0 aromatic heterocycles. The molecule has 1 unspecified atom stereocenters. The first-order valence-electron chi connectivity index (χ1n) is 4.67. The van der Waals surface area contributed by atoms with Gasteiger partial charge in [0.15, 0.2) is 0 Å². The van der Waals surface area contributed by atoms with Crippen molar-refractivity contribution in [1.29, 1.82) is 0 Å². The molecule has 1 aliphatic heterocycles. The summed E-state index contributed by atoms with van der Waals surface area (Å²) in [4.78, 5) is 0. The average molecular weight is 180 g/mol. The molecule has 1 nitrogen and oxygen atoms in total. The molecule has 2 atom stereocenters. The Morgan fingerprint density at radius 1 is 1.46 bits per heavy atom. The van der Waals surface area contributed by atoms with Crippen molar-refractivity contribution in [3.63, 3.8) is 0 Å². The third kappa shape index (κ3) is 1.25.